The summed E-state index contributed by atoms with van der Waals surface area (Å²) in [5, 5.41) is 12.7. The van der Waals surface area contributed by atoms with E-state index in [1.54, 1.807) is 12.1 Å². The van der Waals surface area contributed by atoms with Crippen molar-refractivity contribution in [2.75, 3.05) is 50.2 Å². The summed E-state index contributed by atoms with van der Waals surface area (Å²) >= 11 is 0. The highest BCUT2D eigenvalue weighted by molar-refractivity contribution is 5.92. The van der Waals surface area contributed by atoms with E-state index in [4.69, 9.17) is 15.2 Å². The molecule has 0 aliphatic carbocycles. The minimum absolute atomic E-state index is 0.0710. The zero-order valence-electron chi connectivity index (χ0n) is 14.0. The average molecular weight is 353 g/mol. The maximum absolute atomic E-state index is 13.8. The van der Waals surface area contributed by atoms with Gasteiger partial charge >= 0.3 is 5.97 Å². The molecule has 2 saturated heterocycles. The van der Waals surface area contributed by atoms with Gasteiger partial charge in [0.15, 0.2) is 0 Å². The molecule has 2 heterocycles. The number of anilines is 2. The Morgan fingerprint density at radius 2 is 2.08 bits per heavy atom. The number of nitrogens with one attached hydrogen (secondary N) is 1. The van der Waals surface area contributed by atoms with Gasteiger partial charge in [-0.25, -0.2) is 9.18 Å². The molecule has 138 valence electrons. The predicted molar refractivity (Wildman–Crippen MR) is 91.8 cm³/mol. The molecule has 2 aliphatic rings. The molecular weight excluding hydrogens is 329 g/mol. The molecule has 2 atom stereocenters. The molecule has 2 unspecified atom stereocenters. The van der Waals surface area contributed by atoms with E-state index in [2.05, 4.69) is 5.32 Å². The van der Waals surface area contributed by atoms with Gasteiger partial charge in [0, 0.05) is 32.3 Å². The highest BCUT2D eigenvalue weighted by atomic mass is 19.1. The molecule has 2 fully saturated rings. The fourth-order valence-corrected chi connectivity index (χ4v) is 3.25. The molecule has 4 N–H and O–H groups in total. The molecule has 0 saturated carbocycles. The summed E-state index contributed by atoms with van der Waals surface area (Å²) in [4.78, 5) is 13.7. The summed E-state index contributed by atoms with van der Waals surface area (Å²) in [5.41, 5.74) is 8.13. The Labute approximate surface area is 145 Å². The Morgan fingerprint density at radius 3 is 2.76 bits per heavy atom. The molecule has 25 heavy (non-hydrogen) atoms. The molecule has 7 nitrogen and oxygen atoms in total. The number of carboxylic acid groups (broad SMARTS) is 1. The van der Waals surface area contributed by atoms with Crippen molar-refractivity contribution in [2.24, 2.45) is 0 Å². The van der Waals surface area contributed by atoms with Gasteiger partial charge in [0.05, 0.1) is 36.8 Å². The van der Waals surface area contributed by atoms with Crippen LogP contribution in [0.25, 0.3) is 0 Å². The van der Waals surface area contributed by atoms with E-state index >= 15 is 0 Å². The zero-order chi connectivity index (χ0) is 17.8. The summed E-state index contributed by atoms with van der Waals surface area (Å²) in [6, 6.07) is 2.95. The van der Waals surface area contributed by atoms with Crippen LogP contribution in [0.5, 0.6) is 0 Å². The fourth-order valence-electron chi connectivity index (χ4n) is 3.25. The van der Waals surface area contributed by atoms with Crippen molar-refractivity contribution in [2.45, 2.75) is 25.2 Å². The highest BCUT2D eigenvalue weighted by Crippen LogP contribution is 2.28. The smallest absolute Gasteiger partial charge is 0.336 e. The lowest BCUT2D eigenvalue weighted by atomic mass is 10.0. The lowest BCUT2D eigenvalue weighted by molar-refractivity contribution is 0.0135. The number of rotatable bonds is 5. The average Bonchev–Trinajstić information content (AvgIpc) is 2.61. The highest BCUT2D eigenvalue weighted by Gasteiger charge is 2.26. The summed E-state index contributed by atoms with van der Waals surface area (Å²) in [5.74, 6) is -1.02. The summed E-state index contributed by atoms with van der Waals surface area (Å²) < 4.78 is 24.3. The second kappa shape index (κ2) is 7.99. The molecule has 0 spiro atoms. The number of carbonyl (C=O) groups is 1. The minimum Gasteiger partial charge on any atom is -0.478 e. The van der Waals surface area contributed by atoms with Crippen LogP contribution in [0.4, 0.5) is 15.8 Å². The molecule has 0 radical (unpaired) electrons. The van der Waals surface area contributed by atoms with E-state index in [1.165, 1.54) is 0 Å². The van der Waals surface area contributed by atoms with Gasteiger partial charge in [0.2, 0.25) is 0 Å². The molecule has 0 amide bonds. The third kappa shape index (κ3) is 4.20. The third-order valence-electron chi connectivity index (χ3n) is 4.68. The molecule has 0 aromatic heterocycles. The number of morpholine rings is 1. The standard InChI is InChI=1S/C17H24FN3O4/c18-13-10-25-4-1-15(13)20-9-11-7-14(19)16(8-12(11)17(22)23)21-2-5-24-6-3-21/h7-8,13,15,20H,1-6,9-10,19H2,(H,22,23). The van der Waals surface area contributed by atoms with E-state index in [0.717, 1.165) is 0 Å². The Bertz CT molecular complexity index is 622. The zero-order valence-corrected chi connectivity index (χ0v) is 14.0. The Balaban J connectivity index is 1.78. The van der Waals surface area contributed by atoms with Crippen molar-refractivity contribution < 1.29 is 23.8 Å². The second-order valence-electron chi connectivity index (χ2n) is 6.34. The fraction of sp³-hybridized carbons (Fsp3) is 0.588. The van der Waals surface area contributed by atoms with Crippen molar-refractivity contribution in [3.8, 4) is 0 Å². The van der Waals surface area contributed by atoms with E-state index in [9.17, 15) is 14.3 Å². The Hall–Kier alpha value is -1.90. The van der Waals surface area contributed by atoms with Gasteiger partial charge in [-0.1, -0.05) is 0 Å². The summed E-state index contributed by atoms with van der Waals surface area (Å²) in [6.45, 7) is 3.35. The van der Waals surface area contributed by atoms with Crippen molar-refractivity contribution in [1.82, 2.24) is 5.32 Å². The largest absolute Gasteiger partial charge is 0.478 e. The third-order valence-corrected chi connectivity index (χ3v) is 4.68. The van der Waals surface area contributed by atoms with Crippen molar-refractivity contribution in [3.05, 3.63) is 23.3 Å². The van der Waals surface area contributed by atoms with Crippen LogP contribution in [0.1, 0.15) is 22.3 Å². The van der Waals surface area contributed by atoms with Crippen LogP contribution in [0, 0.1) is 0 Å². The van der Waals surface area contributed by atoms with Crippen LogP contribution < -0.4 is 16.0 Å². The summed E-state index contributed by atoms with van der Waals surface area (Å²) in [6.07, 6.45) is -0.530. The van der Waals surface area contributed by atoms with Gasteiger partial charge in [-0.2, -0.15) is 0 Å². The number of ether oxygens (including phenoxy) is 2. The number of carboxylic acids is 1. The van der Waals surface area contributed by atoms with Gasteiger partial charge in [-0.05, 0) is 24.1 Å². The number of alkyl halides is 1. The molecule has 8 heteroatoms. The SMILES string of the molecule is Nc1cc(CNC2CCOCC2F)c(C(=O)O)cc1N1CCOCC1. The van der Waals surface area contributed by atoms with Crippen molar-refractivity contribution in [1.29, 1.82) is 0 Å². The first-order valence-corrected chi connectivity index (χ1v) is 8.50. The van der Waals surface area contributed by atoms with Crippen LogP contribution in [0.3, 0.4) is 0 Å². The maximum Gasteiger partial charge on any atom is 0.336 e. The first-order valence-electron chi connectivity index (χ1n) is 8.50. The summed E-state index contributed by atoms with van der Waals surface area (Å²) in [7, 11) is 0. The van der Waals surface area contributed by atoms with Crippen molar-refractivity contribution in [3.63, 3.8) is 0 Å². The van der Waals surface area contributed by atoms with E-state index < -0.39 is 12.1 Å². The quantitative estimate of drug-likeness (QED) is 0.680. The van der Waals surface area contributed by atoms with Crippen molar-refractivity contribution >= 4 is 17.3 Å². The van der Waals surface area contributed by atoms with Crippen LogP contribution in [-0.2, 0) is 16.0 Å². The van der Waals surface area contributed by atoms with Gasteiger partial charge in [-0.15, -0.1) is 0 Å². The number of hydrogen-bond acceptors (Lipinski definition) is 6. The van der Waals surface area contributed by atoms with Crippen LogP contribution in [0.15, 0.2) is 12.1 Å². The Kier molecular flexibility index (Phi) is 5.72. The number of aromatic carboxylic acids is 1. The molecule has 1 aromatic rings. The maximum atomic E-state index is 13.8. The van der Waals surface area contributed by atoms with E-state index in [1.807, 2.05) is 4.90 Å². The number of nitrogens with zero attached hydrogens (tertiary/aromatic N) is 1. The number of benzene rings is 1. The topological polar surface area (TPSA) is 97.0 Å². The lowest BCUT2D eigenvalue weighted by Gasteiger charge is -2.31. The monoisotopic (exact) mass is 353 g/mol. The molecular formula is C17H24FN3O4. The molecule has 1 aromatic carbocycles. The number of nitrogens with two attached hydrogens (primary N) is 1. The van der Waals surface area contributed by atoms with E-state index in [0.29, 0.717) is 56.3 Å². The van der Waals surface area contributed by atoms with E-state index in [-0.39, 0.29) is 24.8 Å². The van der Waals surface area contributed by atoms with Crippen LogP contribution >= 0.6 is 0 Å². The molecule has 3 rings (SSSR count). The Morgan fingerprint density at radius 1 is 1.32 bits per heavy atom. The van der Waals surface area contributed by atoms with Gasteiger partial charge < -0.3 is 30.5 Å². The number of nitrogen functional groups attached to an aromatic ring is 1. The number of halogens is 1. The number of hydrogen-bond donors (Lipinski definition) is 3. The van der Waals surface area contributed by atoms with Crippen LogP contribution in [0.2, 0.25) is 0 Å². The first kappa shape index (κ1) is 17.9. The lowest BCUT2D eigenvalue weighted by Crippen LogP contribution is -2.44. The minimum atomic E-state index is -1.09. The first-order chi connectivity index (χ1) is 12.1. The second-order valence-corrected chi connectivity index (χ2v) is 6.34. The van der Waals surface area contributed by atoms with Crippen LogP contribution in [-0.4, -0.2) is 62.8 Å². The normalized spacial score (nSPS) is 24.3. The molecule has 2 aliphatic heterocycles. The predicted octanol–water partition coefficient (Wildman–Crippen LogP) is 1.02. The van der Waals surface area contributed by atoms with Gasteiger partial charge in [0.1, 0.15) is 6.17 Å². The van der Waals surface area contributed by atoms with Gasteiger partial charge in [-0.3, -0.25) is 0 Å². The van der Waals surface area contributed by atoms with Gasteiger partial charge in [0.25, 0.3) is 0 Å². The molecule has 0 bridgehead atoms.